The van der Waals surface area contributed by atoms with Crippen molar-refractivity contribution in [3.8, 4) is 0 Å². The number of aliphatic hydroxyl groups excluding tert-OH is 1. The molecule has 0 saturated carbocycles. The van der Waals surface area contributed by atoms with E-state index >= 15 is 0 Å². The molecule has 0 aliphatic rings. The van der Waals surface area contributed by atoms with Crippen molar-refractivity contribution in [2.75, 3.05) is 11.9 Å². The van der Waals surface area contributed by atoms with Gasteiger partial charge in [-0.3, -0.25) is 4.98 Å². The van der Waals surface area contributed by atoms with Crippen LogP contribution in [-0.4, -0.2) is 21.6 Å². The van der Waals surface area contributed by atoms with E-state index in [1.807, 2.05) is 0 Å². The highest BCUT2D eigenvalue weighted by Gasteiger charge is 2.07. The first-order chi connectivity index (χ1) is 8.65. The van der Waals surface area contributed by atoms with Gasteiger partial charge in [0.25, 0.3) is 0 Å². The summed E-state index contributed by atoms with van der Waals surface area (Å²) in [6.07, 6.45) is 2.17. The zero-order valence-electron chi connectivity index (χ0n) is 9.35. The maximum Gasteiger partial charge on any atom is 0.149 e. The molecule has 18 heavy (non-hydrogen) atoms. The molecule has 6 heteroatoms. The summed E-state index contributed by atoms with van der Waals surface area (Å²) in [4.78, 5) is 7.83. The Bertz CT molecular complexity index is 521. The molecule has 1 aromatic heterocycles. The van der Waals surface area contributed by atoms with Crippen molar-refractivity contribution < 1.29 is 9.50 Å². The largest absolute Gasteiger partial charge is 0.387 e. The van der Waals surface area contributed by atoms with E-state index in [2.05, 4.69) is 15.3 Å². The fraction of sp³-hybridized carbons (Fsp3) is 0.167. The molecule has 2 N–H and O–H groups in total. The zero-order chi connectivity index (χ0) is 13.0. The van der Waals surface area contributed by atoms with Crippen LogP contribution in [0.4, 0.5) is 10.2 Å². The average molecular weight is 268 g/mol. The van der Waals surface area contributed by atoms with E-state index < -0.39 is 6.10 Å². The molecule has 0 amide bonds. The molecule has 0 fully saturated rings. The number of anilines is 1. The monoisotopic (exact) mass is 267 g/mol. The normalized spacial score (nSPS) is 12.2. The minimum Gasteiger partial charge on any atom is -0.387 e. The van der Waals surface area contributed by atoms with Crippen molar-refractivity contribution in [3.05, 3.63) is 53.2 Å². The number of rotatable bonds is 4. The van der Waals surface area contributed by atoms with Gasteiger partial charge in [0.05, 0.1) is 18.5 Å². The van der Waals surface area contributed by atoms with Crippen molar-refractivity contribution in [2.24, 2.45) is 0 Å². The van der Waals surface area contributed by atoms with Gasteiger partial charge in [0, 0.05) is 6.54 Å². The molecule has 0 spiro atoms. The van der Waals surface area contributed by atoms with Crippen LogP contribution in [0.3, 0.4) is 0 Å². The van der Waals surface area contributed by atoms with Crippen LogP contribution in [0.5, 0.6) is 0 Å². The molecule has 0 aliphatic carbocycles. The van der Waals surface area contributed by atoms with Crippen molar-refractivity contribution in [1.82, 2.24) is 9.97 Å². The Labute approximate surface area is 108 Å². The third-order valence-electron chi connectivity index (χ3n) is 2.34. The Morgan fingerprint density at radius 1 is 1.28 bits per heavy atom. The second-order valence-corrected chi connectivity index (χ2v) is 4.06. The van der Waals surface area contributed by atoms with Crippen LogP contribution < -0.4 is 5.32 Å². The zero-order valence-corrected chi connectivity index (χ0v) is 10.1. The van der Waals surface area contributed by atoms with Crippen LogP contribution in [0.1, 0.15) is 11.7 Å². The minimum atomic E-state index is -0.758. The second-order valence-electron chi connectivity index (χ2n) is 3.68. The predicted molar refractivity (Wildman–Crippen MR) is 66.9 cm³/mol. The number of hydrogen-bond donors (Lipinski definition) is 2. The number of benzene rings is 1. The summed E-state index contributed by atoms with van der Waals surface area (Å²) in [7, 11) is 0. The third kappa shape index (κ3) is 3.38. The predicted octanol–water partition coefficient (Wildman–Crippen LogP) is 2.41. The maximum absolute atomic E-state index is 12.7. The lowest BCUT2D eigenvalue weighted by molar-refractivity contribution is 0.191. The highest BCUT2D eigenvalue weighted by atomic mass is 35.5. The van der Waals surface area contributed by atoms with Crippen molar-refractivity contribution in [2.45, 2.75) is 6.10 Å². The summed E-state index contributed by atoms with van der Waals surface area (Å²) >= 11 is 5.68. The molecule has 4 nitrogen and oxygen atoms in total. The van der Waals surface area contributed by atoms with Gasteiger partial charge >= 0.3 is 0 Å². The van der Waals surface area contributed by atoms with Crippen LogP contribution >= 0.6 is 11.6 Å². The maximum atomic E-state index is 12.7. The van der Waals surface area contributed by atoms with Crippen LogP contribution in [0.25, 0.3) is 0 Å². The molecule has 0 radical (unpaired) electrons. The van der Waals surface area contributed by atoms with Crippen LogP contribution in [-0.2, 0) is 0 Å². The summed E-state index contributed by atoms with van der Waals surface area (Å²) in [6, 6.07) is 5.67. The van der Waals surface area contributed by atoms with E-state index in [0.717, 1.165) is 0 Å². The lowest BCUT2D eigenvalue weighted by Crippen LogP contribution is -2.13. The SMILES string of the molecule is O[C@@H](CNc1cncc(Cl)n1)c1ccc(F)cc1. The first-order valence-electron chi connectivity index (χ1n) is 5.30. The molecule has 2 rings (SSSR count). The minimum absolute atomic E-state index is 0.237. The number of aliphatic hydroxyl groups is 1. The Kier molecular flexibility index (Phi) is 4.07. The number of aromatic nitrogens is 2. The highest BCUT2D eigenvalue weighted by Crippen LogP contribution is 2.14. The fourth-order valence-corrected chi connectivity index (χ4v) is 1.58. The van der Waals surface area contributed by atoms with Crippen molar-refractivity contribution in [3.63, 3.8) is 0 Å². The molecule has 2 aromatic rings. The summed E-state index contributed by atoms with van der Waals surface area (Å²) < 4.78 is 12.7. The number of nitrogens with zero attached hydrogens (tertiary/aromatic N) is 2. The molecule has 1 aromatic carbocycles. The summed E-state index contributed by atoms with van der Waals surface area (Å²) in [5.41, 5.74) is 0.624. The summed E-state index contributed by atoms with van der Waals surface area (Å²) in [6.45, 7) is 0.237. The standard InChI is InChI=1S/C12H11ClFN3O/c13-11-6-15-7-12(17-11)16-5-10(18)8-1-3-9(14)4-2-8/h1-4,6-7,10,18H,5H2,(H,16,17)/t10-/m0/s1. The molecule has 94 valence electrons. The Hall–Kier alpha value is -1.72. The molecule has 0 saturated heterocycles. The number of halogens is 2. The molecular weight excluding hydrogens is 257 g/mol. The molecule has 0 aliphatic heterocycles. The van der Waals surface area contributed by atoms with Gasteiger partial charge in [0.2, 0.25) is 0 Å². The lowest BCUT2D eigenvalue weighted by Gasteiger charge is -2.12. The van der Waals surface area contributed by atoms with Crippen LogP contribution in [0.15, 0.2) is 36.7 Å². The first kappa shape index (κ1) is 12.7. The molecule has 1 heterocycles. The average Bonchev–Trinajstić information content (AvgIpc) is 2.37. The smallest absolute Gasteiger partial charge is 0.149 e. The number of nitrogens with one attached hydrogen (secondary N) is 1. The Morgan fingerprint density at radius 3 is 2.67 bits per heavy atom. The van der Waals surface area contributed by atoms with E-state index in [4.69, 9.17) is 11.6 Å². The quantitative estimate of drug-likeness (QED) is 0.893. The fourth-order valence-electron chi connectivity index (χ4n) is 1.43. The van der Waals surface area contributed by atoms with Gasteiger partial charge in [-0.25, -0.2) is 9.37 Å². The van der Waals surface area contributed by atoms with Gasteiger partial charge in [-0.1, -0.05) is 23.7 Å². The first-order valence-corrected chi connectivity index (χ1v) is 5.68. The number of hydrogen-bond acceptors (Lipinski definition) is 4. The topological polar surface area (TPSA) is 58.0 Å². The van der Waals surface area contributed by atoms with Crippen LogP contribution in [0.2, 0.25) is 5.15 Å². The van der Waals surface area contributed by atoms with Gasteiger partial charge in [-0.05, 0) is 17.7 Å². The molecule has 0 bridgehead atoms. The molecule has 1 atom stereocenters. The van der Waals surface area contributed by atoms with Crippen molar-refractivity contribution in [1.29, 1.82) is 0 Å². The van der Waals surface area contributed by atoms with Gasteiger partial charge < -0.3 is 10.4 Å². The summed E-state index contributed by atoms with van der Waals surface area (Å²) in [5, 5.41) is 13.0. The van der Waals surface area contributed by atoms with Gasteiger partial charge in [0.1, 0.15) is 16.8 Å². The van der Waals surface area contributed by atoms with Gasteiger partial charge in [-0.2, -0.15) is 0 Å². The van der Waals surface area contributed by atoms with E-state index in [1.165, 1.54) is 36.7 Å². The van der Waals surface area contributed by atoms with Gasteiger partial charge in [0.15, 0.2) is 0 Å². The lowest BCUT2D eigenvalue weighted by atomic mass is 10.1. The Morgan fingerprint density at radius 2 is 2.00 bits per heavy atom. The van der Waals surface area contributed by atoms with E-state index in [-0.39, 0.29) is 17.5 Å². The second kappa shape index (κ2) is 5.75. The summed E-state index contributed by atoms with van der Waals surface area (Å²) in [5.74, 6) is 0.142. The van der Waals surface area contributed by atoms with E-state index in [1.54, 1.807) is 0 Å². The highest BCUT2D eigenvalue weighted by molar-refractivity contribution is 6.29. The van der Waals surface area contributed by atoms with Gasteiger partial charge in [-0.15, -0.1) is 0 Å². The van der Waals surface area contributed by atoms with Crippen LogP contribution in [0, 0.1) is 5.82 Å². The van der Waals surface area contributed by atoms with Crippen molar-refractivity contribution >= 4 is 17.4 Å². The molecule has 0 unspecified atom stereocenters. The molecular formula is C12H11ClFN3O. The van der Waals surface area contributed by atoms with E-state index in [9.17, 15) is 9.50 Å². The third-order valence-corrected chi connectivity index (χ3v) is 2.52. The van der Waals surface area contributed by atoms with E-state index in [0.29, 0.717) is 11.4 Å². The Balaban J connectivity index is 1.96.